The average Bonchev–Trinajstić information content (AvgIpc) is 2.47. The molecule has 2 heterocycles. The molecule has 3 aliphatic rings. The molecule has 1 saturated carbocycles. The lowest BCUT2D eigenvalue weighted by molar-refractivity contribution is -0.0126. The van der Waals surface area contributed by atoms with Gasteiger partial charge in [-0.25, -0.2) is 0 Å². The van der Waals surface area contributed by atoms with E-state index in [0.29, 0.717) is 0 Å². The molecular weight excluding hydrogens is 282 g/mol. The molecule has 3 heteroatoms. The molecular formula is C20H39N3. The van der Waals surface area contributed by atoms with Crippen LogP contribution in [0.15, 0.2) is 0 Å². The van der Waals surface area contributed by atoms with E-state index < -0.39 is 0 Å². The third kappa shape index (κ3) is 4.49. The molecule has 0 aromatic rings. The van der Waals surface area contributed by atoms with Crippen LogP contribution in [0.4, 0.5) is 0 Å². The van der Waals surface area contributed by atoms with E-state index >= 15 is 0 Å². The summed E-state index contributed by atoms with van der Waals surface area (Å²) in [6.45, 7) is 18.7. The number of hydrogen-bond acceptors (Lipinski definition) is 3. The number of rotatable bonds is 5. The van der Waals surface area contributed by atoms with Crippen LogP contribution < -0.4 is 0 Å². The molecule has 134 valence electrons. The van der Waals surface area contributed by atoms with E-state index in [2.05, 4.69) is 42.4 Å². The molecule has 1 aliphatic carbocycles. The maximum absolute atomic E-state index is 2.76. The lowest BCUT2D eigenvalue weighted by Gasteiger charge is -2.50. The molecule has 0 N–H and O–H groups in total. The van der Waals surface area contributed by atoms with Crippen molar-refractivity contribution < 1.29 is 0 Å². The van der Waals surface area contributed by atoms with E-state index in [0.717, 1.165) is 29.8 Å². The monoisotopic (exact) mass is 321 g/mol. The molecule has 23 heavy (non-hydrogen) atoms. The van der Waals surface area contributed by atoms with Crippen molar-refractivity contribution in [1.29, 1.82) is 0 Å². The Labute approximate surface area is 144 Å². The van der Waals surface area contributed by atoms with Crippen LogP contribution >= 0.6 is 0 Å². The smallest absolute Gasteiger partial charge is 0.0351 e. The van der Waals surface area contributed by atoms with Gasteiger partial charge in [0.05, 0.1) is 0 Å². The Balaban J connectivity index is 1.33. The highest BCUT2D eigenvalue weighted by atomic mass is 15.4. The standard InChI is InChI=1S/C20H39N3/c1-16(2)19-7-5-18(6-8-19)13-21-9-11-22(12-10-21)20-14-23(15-20)17(3)4/h16-20H,5-15H2,1-4H3. The van der Waals surface area contributed by atoms with Crippen molar-refractivity contribution in [2.75, 3.05) is 45.8 Å². The van der Waals surface area contributed by atoms with E-state index in [1.54, 1.807) is 0 Å². The number of hydrogen-bond donors (Lipinski definition) is 0. The van der Waals surface area contributed by atoms with Crippen LogP contribution in [0.1, 0.15) is 53.4 Å². The summed E-state index contributed by atoms with van der Waals surface area (Å²) in [4.78, 5) is 8.12. The molecule has 0 spiro atoms. The van der Waals surface area contributed by atoms with Crippen molar-refractivity contribution in [2.45, 2.75) is 65.5 Å². The van der Waals surface area contributed by atoms with Crippen molar-refractivity contribution in [3.05, 3.63) is 0 Å². The van der Waals surface area contributed by atoms with Crippen molar-refractivity contribution >= 4 is 0 Å². The van der Waals surface area contributed by atoms with Crippen LogP contribution in [-0.2, 0) is 0 Å². The zero-order chi connectivity index (χ0) is 16.4. The van der Waals surface area contributed by atoms with Gasteiger partial charge in [-0.2, -0.15) is 0 Å². The van der Waals surface area contributed by atoms with Crippen molar-refractivity contribution in [3.63, 3.8) is 0 Å². The first-order chi connectivity index (χ1) is 11.0. The Kier molecular flexibility index (Phi) is 6.03. The first kappa shape index (κ1) is 17.7. The molecule has 0 unspecified atom stereocenters. The molecule has 2 saturated heterocycles. The van der Waals surface area contributed by atoms with Gasteiger partial charge >= 0.3 is 0 Å². The minimum atomic E-state index is 0.730. The lowest BCUT2D eigenvalue weighted by Crippen LogP contribution is -2.64. The van der Waals surface area contributed by atoms with Gasteiger partial charge in [0.1, 0.15) is 0 Å². The summed E-state index contributed by atoms with van der Waals surface area (Å²) in [5.41, 5.74) is 0. The third-order valence-electron chi connectivity index (χ3n) is 6.89. The van der Waals surface area contributed by atoms with Gasteiger partial charge in [-0.05, 0) is 57.3 Å². The van der Waals surface area contributed by atoms with Gasteiger partial charge in [0.2, 0.25) is 0 Å². The van der Waals surface area contributed by atoms with E-state index in [1.165, 1.54) is 71.5 Å². The summed E-state index contributed by atoms with van der Waals surface area (Å²) < 4.78 is 0. The summed E-state index contributed by atoms with van der Waals surface area (Å²) in [7, 11) is 0. The van der Waals surface area contributed by atoms with E-state index in [9.17, 15) is 0 Å². The van der Waals surface area contributed by atoms with Gasteiger partial charge in [-0.1, -0.05) is 13.8 Å². The quantitative estimate of drug-likeness (QED) is 0.770. The van der Waals surface area contributed by atoms with Gasteiger partial charge in [0, 0.05) is 57.9 Å². The molecule has 0 atom stereocenters. The zero-order valence-electron chi connectivity index (χ0n) is 16.0. The number of piperazine rings is 1. The van der Waals surface area contributed by atoms with Gasteiger partial charge < -0.3 is 4.90 Å². The van der Waals surface area contributed by atoms with Crippen molar-refractivity contribution in [2.24, 2.45) is 17.8 Å². The first-order valence-corrected chi connectivity index (χ1v) is 10.2. The van der Waals surface area contributed by atoms with Crippen LogP contribution in [0.5, 0.6) is 0 Å². The molecule has 0 amide bonds. The van der Waals surface area contributed by atoms with E-state index in [1.807, 2.05) is 0 Å². The number of likely N-dealkylation sites (tertiary alicyclic amines) is 1. The second kappa shape index (κ2) is 7.84. The van der Waals surface area contributed by atoms with Crippen LogP contribution in [-0.4, -0.2) is 72.6 Å². The Morgan fingerprint density at radius 1 is 0.826 bits per heavy atom. The minimum absolute atomic E-state index is 0.730. The summed E-state index contributed by atoms with van der Waals surface area (Å²) >= 11 is 0. The fraction of sp³-hybridized carbons (Fsp3) is 1.00. The maximum atomic E-state index is 2.76. The van der Waals surface area contributed by atoms with Gasteiger partial charge in [-0.3, -0.25) is 9.80 Å². The normalized spacial score (nSPS) is 32.6. The Morgan fingerprint density at radius 3 is 1.96 bits per heavy atom. The summed E-state index contributed by atoms with van der Waals surface area (Å²) in [5.74, 6) is 2.88. The van der Waals surface area contributed by atoms with Gasteiger partial charge in [0.15, 0.2) is 0 Å². The fourth-order valence-electron chi connectivity index (χ4n) is 4.85. The molecule has 0 aromatic heterocycles. The third-order valence-corrected chi connectivity index (χ3v) is 6.89. The molecule has 0 radical (unpaired) electrons. The van der Waals surface area contributed by atoms with Gasteiger partial charge in [-0.15, -0.1) is 0 Å². The molecule has 3 nitrogen and oxygen atoms in total. The second-order valence-corrected chi connectivity index (χ2v) is 9.06. The Bertz CT molecular complexity index is 346. The Morgan fingerprint density at radius 2 is 1.43 bits per heavy atom. The summed E-state index contributed by atoms with van der Waals surface area (Å²) in [5, 5.41) is 0. The van der Waals surface area contributed by atoms with Crippen LogP contribution in [0.2, 0.25) is 0 Å². The number of nitrogens with zero attached hydrogens (tertiary/aromatic N) is 3. The zero-order valence-corrected chi connectivity index (χ0v) is 16.0. The lowest BCUT2D eigenvalue weighted by atomic mass is 9.77. The van der Waals surface area contributed by atoms with Crippen molar-refractivity contribution in [3.8, 4) is 0 Å². The summed E-state index contributed by atoms with van der Waals surface area (Å²) in [6, 6.07) is 1.58. The average molecular weight is 322 g/mol. The van der Waals surface area contributed by atoms with Crippen molar-refractivity contribution in [1.82, 2.24) is 14.7 Å². The maximum Gasteiger partial charge on any atom is 0.0351 e. The minimum Gasteiger partial charge on any atom is -0.301 e. The van der Waals surface area contributed by atoms with Gasteiger partial charge in [0.25, 0.3) is 0 Å². The summed E-state index contributed by atoms with van der Waals surface area (Å²) in [6.07, 6.45) is 5.93. The van der Waals surface area contributed by atoms with Crippen LogP contribution in [0.25, 0.3) is 0 Å². The van der Waals surface area contributed by atoms with Crippen LogP contribution in [0, 0.1) is 17.8 Å². The second-order valence-electron chi connectivity index (χ2n) is 9.06. The topological polar surface area (TPSA) is 9.72 Å². The Hall–Kier alpha value is -0.120. The van der Waals surface area contributed by atoms with E-state index in [4.69, 9.17) is 0 Å². The predicted octanol–water partition coefficient (Wildman–Crippen LogP) is 3.16. The highest BCUT2D eigenvalue weighted by Gasteiger charge is 2.34. The molecule has 0 aromatic carbocycles. The largest absolute Gasteiger partial charge is 0.301 e. The molecule has 2 aliphatic heterocycles. The predicted molar refractivity (Wildman–Crippen MR) is 98.8 cm³/mol. The van der Waals surface area contributed by atoms with Crippen LogP contribution in [0.3, 0.4) is 0 Å². The highest BCUT2D eigenvalue weighted by Crippen LogP contribution is 2.33. The fourth-order valence-corrected chi connectivity index (χ4v) is 4.85. The molecule has 3 rings (SSSR count). The SMILES string of the molecule is CC(C)C1CCC(CN2CCN(C3CN(C(C)C)C3)CC2)CC1. The first-order valence-electron chi connectivity index (χ1n) is 10.2. The molecule has 3 fully saturated rings. The molecule has 0 bridgehead atoms. The van der Waals surface area contributed by atoms with E-state index in [-0.39, 0.29) is 0 Å². The highest BCUT2D eigenvalue weighted by molar-refractivity contribution is 4.91.